The first-order valence-corrected chi connectivity index (χ1v) is 5.53. The lowest BCUT2D eigenvalue weighted by molar-refractivity contribution is -0.276. The number of aromatic nitrogens is 1. The molecular formula is C10H6ClF6NO3. The average molecular weight is 338 g/mol. The van der Waals surface area contributed by atoms with Crippen molar-refractivity contribution in [3.8, 4) is 5.75 Å². The second kappa shape index (κ2) is 5.96. The molecule has 0 saturated carbocycles. The molecule has 1 aromatic heterocycles. The molecule has 1 aromatic rings. The van der Waals surface area contributed by atoms with Crippen LogP contribution in [0.5, 0.6) is 5.75 Å². The summed E-state index contributed by atoms with van der Waals surface area (Å²) < 4.78 is 82.7. The molecule has 0 saturated heterocycles. The Balaban J connectivity index is 3.58. The number of rotatable bonds is 3. The Morgan fingerprint density at radius 3 is 2.24 bits per heavy atom. The van der Waals surface area contributed by atoms with Crippen molar-refractivity contribution in [2.75, 3.05) is 7.11 Å². The van der Waals surface area contributed by atoms with Crippen molar-refractivity contribution < 1.29 is 40.6 Å². The number of pyridine rings is 1. The van der Waals surface area contributed by atoms with Crippen LogP contribution in [0.1, 0.15) is 21.6 Å². The molecule has 4 nitrogen and oxygen atoms in total. The van der Waals surface area contributed by atoms with Crippen molar-refractivity contribution in [2.45, 2.75) is 18.4 Å². The van der Waals surface area contributed by atoms with Gasteiger partial charge >= 0.3 is 18.5 Å². The highest BCUT2D eigenvalue weighted by molar-refractivity contribution is 6.17. The van der Waals surface area contributed by atoms with E-state index in [0.717, 1.165) is 7.11 Å². The fourth-order valence-electron chi connectivity index (χ4n) is 1.45. The smallest absolute Gasteiger partial charge is 0.464 e. The maximum Gasteiger partial charge on any atom is 0.573 e. The Bertz CT molecular complexity index is 543. The highest BCUT2D eigenvalue weighted by Gasteiger charge is 2.43. The second-order valence-corrected chi connectivity index (χ2v) is 3.76. The summed E-state index contributed by atoms with van der Waals surface area (Å²) in [6, 6.07) is 0. The number of carbonyl (C=O) groups excluding carboxylic acids is 1. The Kier molecular flexibility index (Phi) is 4.92. The van der Waals surface area contributed by atoms with Crippen LogP contribution in [0.2, 0.25) is 0 Å². The normalized spacial score (nSPS) is 12.2. The van der Waals surface area contributed by atoms with E-state index in [4.69, 9.17) is 11.6 Å². The van der Waals surface area contributed by atoms with E-state index in [-0.39, 0.29) is 6.20 Å². The largest absolute Gasteiger partial charge is 0.573 e. The lowest BCUT2D eigenvalue weighted by Gasteiger charge is -2.18. The number of alkyl halides is 7. The van der Waals surface area contributed by atoms with Gasteiger partial charge in [0.25, 0.3) is 0 Å². The van der Waals surface area contributed by atoms with Crippen LogP contribution in [0.15, 0.2) is 6.20 Å². The van der Waals surface area contributed by atoms with Gasteiger partial charge in [-0.2, -0.15) is 13.2 Å². The fraction of sp³-hybridized carbons (Fsp3) is 0.400. The van der Waals surface area contributed by atoms with Gasteiger partial charge in [-0.15, -0.1) is 24.8 Å². The van der Waals surface area contributed by atoms with Gasteiger partial charge in [0.1, 0.15) is 5.56 Å². The molecule has 0 aliphatic heterocycles. The quantitative estimate of drug-likeness (QED) is 0.481. The van der Waals surface area contributed by atoms with E-state index < -0.39 is 47.0 Å². The van der Waals surface area contributed by atoms with Crippen molar-refractivity contribution >= 4 is 17.6 Å². The molecule has 0 aliphatic rings. The van der Waals surface area contributed by atoms with Gasteiger partial charge in [-0.3, -0.25) is 0 Å². The molecule has 1 rings (SSSR count). The SMILES string of the molecule is COC(=O)c1ncc(OC(F)(F)F)c(C(F)(F)F)c1CCl. The summed E-state index contributed by atoms with van der Waals surface area (Å²) in [4.78, 5) is 14.5. The Hall–Kier alpha value is -1.71. The summed E-state index contributed by atoms with van der Waals surface area (Å²) in [6.45, 7) is 0. The van der Waals surface area contributed by atoms with Crippen LogP contribution >= 0.6 is 11.6 Å². The molecule has 21 heavy (non-hydrogen) atoms. The third kappa shape index (κ3) is 4.13. The standard InChI is InChI=1S/C10H6ClF6NO3/c1-20-8(19)7-4(2-11)6(9(12,13)14)5(3-18-7)21-10(15,16)17/h3H,2H2,1H3. The van der Waals surface area contributed by atoms with Gasteiger partial charge in [-0.1, -0.05) is 0 Å². The maximum atomic E-state index is 12.9. The molecular weight excluding hydrogens is 332 g/mol. The van der Waals surface area contributed by atoms with Crippen LogP contribution < -0.4 is 4.74 Å². The monoisotopic (exact) mass is 337 g/mol. The molecule has 0 bridgehead atoms. The van der Waals surface area contributed by atoms with E-state index in [1.54, 1.807) is 0 Å². The van der Waals surface area contributed by atoms with Gasteiger partial charge in [0.15, 0.2) is 11.4 Å². The van der Waals surface area contributed by atoms with Crippen molar-refractivity contribution in [2.24, 2.45) is 0 Å². The third-order valence-corrected chi connectivity index (χ3v) is 2.43. The van der Waals surface area contributed by atoms with Crippen LogP contribution in [-0.2, 0) is 16.8 Å². The lowest BCUT2D eigenvalue weighted by atomic mass is 10.1. The molecule has 0 fully saturated rings. The summed E-state index contributed by atoms with van der Waals surface area (Å²) in [5.41, 5.74) is -3.63. The molecule has 0 N–H and O–H groups in total. The summed E-state index contributed by atoms with van der Waals surface area (Å²) in [7, 11) is 0.870. The summed E-state index contributed by atoms with van der Waals surface area (Å²) in [6.07, 6.45) is -10.5. The van der Waals surface area contributed by atoms with E-state index in [2.05, 4.69) is 14.5 Å². The predicted octanol–water partition coefficient (Wildman–Crippen LogP) is 3.52. The second-order valence-electron chi connectivity index (χ2n) is 3.50. The molecule has 0 amide bonds. The number of halogens is 7. The molecule has 0 unspecified atom stereocenters. The molecule has 118 valence electrons. The molecule has 0 spiro atoms. The van der Waals surface area contributed by atoms with Crippen molar-refractivity contribution in [3.63, 3.8) is 0 Å². The Morgan fingerprint density at radius 1 is 1.29 bits per heavy atom. The zero-order valence-corrected chi connectivity index (χ0v) is 10.9. The third-order valence-electron chi connectivity index (χ3n) is 2.17. The van der Waals surface area contributed by atoms with E-state index >= 15 is 0 Å². The number of methoxy groups -OCH3 is 1. The van der Waals surface area contributed by atoms with E-state index in [1.165, 1.54) is 0 Å². The zero-order chi connectivity index (χ0) is 16.4. The van der Waals surface area contributed by atoms with Crippen LogP contribution in [0.25, 0.3) is 0 Å². The van der Waals surface area contributed by atoms with Crippen LogP contribution in [0.3, 0.4) is 0 Å². The zero-order valence-electron chi connectivity index (χ0n) is 10.1. The lowest BCUT2D eigenvalue weighted by Crippen LogP contribution is -2.23. The first-order chi connectivity index (χ1) is 9.51. The molecule has 0 atom stereocenters. The van der Waals surface area contributed by atoms with Gasteiger partial charge in [0, 0.05) is 5.56 Å². The van der Waals surface area contributed by atoms with Gasteiger partial charge < -0.3 is 9.47 Å². The van der Waals surface area contributed by atoms with Crippen LogP contribution in [0, 0.1) is 0 Å². The average Bonchev–Trinajstić information content (AvgIpc) is 2.33. The molecule has 0 aromatic carbocycles. The Morgan fingerprint density at radius 2 is 1.86 bits per heavy atom. The van der Waals surface area contributed by atoms with Gasteiger partial charge in [0.05, 0.1) is 19.2 Å². The van der Waals surface area contributed by atoms with Crippen LogP contribution in [-0.4, -0.2) is 24.4 Å². The minimum atomic E-state index is -5.36. The number of carbonyl (C=O) groups is 1. The van der Waals surface area contributed by atoms with Crippen molar-refractivity contribution in [3.05, 3.63) is 23.0 Å². The summed E-state index contributed by atoms with van der Waals surface area (Å²) in [5, 5.41) is 0. The number of hydrogen-bond donors (Lipinski definition) is 0. The van der Waals surface area contributed by atoms with Gasteiger partial charge in [-0.25, -0.2) is 9.78 Å². The first-order valence-electron chi connectivity index (χ1n) is 5.00. The topological polar surface area (TPSA) is 48.4 Å². The van der Waals surface area contributed by atoms with Gasteiger partial charge in [-0.05, 0) is 0 Å². The number of hydrogen-bond acceptors (Lipinski definition) is 4. The minimum absolute atomic E-state index is 0.138. The number of nitrogens with zero attached hydrogens (tertiary/aromatic N) is 1. The summed E-state index contributed by atoms with van der Waals surface area (Å²) in [5.74, 6) is -3.78. The fourth-order valence-corrected chi connectivity index (χ4v) is 1.71. The Labute approximate surface area is 118 Å². The molecule has 11 heteroatoms. The molecule has 0 radical (unpaired) electrons. The molecule has 0 aliphatic carbocycles. The summed E-state index contributed by atoms with van der Waals surface area (Å²) >= 11 is 5.30. The highest BCUT2D eigenvalue weighted by Crippen LogP contribution is 2.41. The predicted molar refractivity (Wildman–Crippen MR) is 56.8 cm³/mol. The van der Waals surface area contributed by atoms with E-state index in [0.29, 0.717) is 0 Å². The minimum Gasteiger partial charge on any atom is -0.464 e. The number of esters is 1. The maximum absolute atomic E-state index is 12.9. The van der Waals surface area contributed by atoms with Crippen molar-refractivity contribution in [1.29, 1.82) is 0 Å². The molecule has 1 heterocycles. The highest BCUT2D eigenvalue weighted by atomic mass is 35.5. The van der Waals surface area contributed by atoms with E-state index in [1.807, 2.05) is 0 Å². The van der Waals surface area contributed by atoms with Crippen LogP contribution in [0.4, 0.5) is 26.3 Å². The van der Waals surface area contributed by atoms with E-state index in [9.17, 15) is 31.1 Å². The number of ether oxygens (including phenoxy) is 2. The van der Waals surface area contributed by atoms with Crippen molar-refractivity contribution in [1.82, 2.24) is 4.98 Å². The van der Waals surface area contributed by atoms with Gasteiger partial charge in [0.2, 0.25) is 0 Å². The first kappa shape index (κ1) is 17.3.